The number of methoxy groups -OCH3 is 1. The largest absolute Gasteiger partial charge is 0.383 e. The molecule has 0 bridgehead atoms. The van der Waals surface area contributed by atoms with Crippen LogP contribution in [0.3, 0.4) is 0 Å². The van der Waals surface area contributed by atoms with Crippen molar-refractivity contribution in [1.29, 1.82) is 0 Å². The van der Waals surface area contributed by atoms with E-state index in [2.05, 4.69) is 4.90 Å². The van der Waals surface area contributed by atoms with Crippen LogP contribution >= 0.6 is 0 Å². The summed E-state index contributed by atoms with van der Waals surface area (Å²) >= 11 is 0. The first-order valence-corrected chi connectivity index (χ1v) is 8.99. The van der Waals surface area contributed by atoms with E-state index in [0.29, 0.717) is 43.9 Å². The van der Waals surface area contributed by atoms with Crippen molar-refractivity contribution in [2.45, 2.75) is 19.6 Å². The molecule has 0 radical (unpaired) electrons. The fraction of sp³-hybridized carbons (Fsp3) is 0.273. The second kappa shape index (κ2) is 9.44. The van der Waals surface area contributed by atoms with Gasteiger partial charge in [-0.25, -0.2) is 8.78 Å². The lowest BCUT2D eigenvalue weighted by atomic mass is 10.2. The van der Waals surface area contributed by atoms with E-state index in [4.69, 9.17) is 4.74 Å². The summed E-state index contributed by atoms with van der Waals surface area (Å²) < 4.78 is 35.3. The zero-order valence-electron chi connectivity index (χ0n) is 15.4. The lowest BCUT2D eigenvalue weighted by Crippen LogP contribution is -2.28. The fourth-order valence-electron chi connectivity index (χ4n) is 3.09. The van der Waals surface area contributed by atoms with Crippen LogP contribution in [0, 0.1) is 11.6 Å². The number of aromatic nitrogens is 1. The molecule has 0 saturated heterocycles. The van der Waals surface area contributed by atoms with Crippen LogP contribution in [0.4, 0.5) is 8.78 Å². The SMILES string of the molecule is COCCN(Cc1ccccc1F)Cc1cccn1Cc1ccccc1F. The molecule has 0 saturated carbocycles. The van der Waals surface area contributed by atoms with Crippen LogP contribution in [0.25, 0.3) is 0 Å². The number of hydrogen-bond acceptors (Lipinski definition) is 2. The zero-order chi connectivity index (χ0) is 19.1. The van der Waals surface area contributed by atoms with Crippen molar-refractivity contribution in [3.05, 3.63) is 95.3 Å². The smallest absolute Gasteiger partial charge is 0.128 e. The van der Waals surface area contributed by atoms with Gasteiger partial charge in [0.05, 0.1) is 13.2 Å². The molecule has 3 rings (SSSR count). The second-order valence-corrected chi connectivity index (χ2v) is 6.51. The van der Waals surface area contributed by atoms with Crippen LogP contribution in [-0.4, -0.2) is 29.7 Å². The minimum absolute atomic E-state index is 0.207. The van der Waals surface area contributed by atoms with Gasteiger partial charge >= 0.3 is 0 Å². The highest BCUT2D eigenvalue weighted by Gasteiger charge is 2.13. The minimum Gasteiger partial charge on any atom is -0.383 e. The molecule has 0 N–H and O–H groups in total. The van der Waals surface area contributed by atoms with E-state index < -0.39 is 0 Å². The molecule has 0 aliphatic heterocycles. The van der Waals surface area contributed by atoms with Crippen molar-refractivity contribution in [1.82, 2.24) is 9.47 Å². The molecule has 27 heavy (non-hydrogen) atoms. The van der Waals surface area contributed by atoms with Crippen LogP contribution in [0.15, 0.2) is 66.9 Å². The molecule has 0 aliphatic carbocycles. The molecule has 0 atom stereocenters. The Bertz CT molecular complexity index is 863. The van der Waals surface area contributed by atoms with Crippen LogP contribution in [0.2, 0.25) is 0 Å². The van der Waals surface area contributed by atoms with Gasteiger partial charge in [0, 0.05) is 49.8 Å². The van der Waals surface area contributed by atoms with E-state index in [1.54, 1.807) is 31.4 Å². The molecule has 0 fully saturated rings. The molecule has 1 heterocycles. The van der Waals surface area contributed by atoms with Gasteiger partial charge in [-0.2, -0.15) is 0 Å². The Morgan fingerprint density at radius 1 is 0.852 bits per heavy atom. The van der Waals surface area contributed by atoms with Gasteiger partial charge in [0.1, 0.15) is 11.6 Å². The summed E-state index contributed by atoms with van der Waals surface area (Å²) in [5, 5.41) is 0. The van der Waals surface area contributed by atoms with Gasteiger partial charge in [-0.05, 0) is 24.3 Å². The minimum atomic E-state index is -0.209. The van der Waals surface area contributed by atoms with Gasteiger partial charge in [0.15, 0.2) is 0 Å². The summed E-state index contributed by atoms with van der Waals surface area (Å²) in [4.78, 5) is 2.13. The maximum atomic E-state index is 14.1. The fourth-order valence-corrected chi connectivity index (χ4v) is 3.09. The Hall–Kier alpha value is -2.50. The molecule has 0 aliphatic rings. The topological polar surface area (TPSA) is 17.4 Å². The zero-order valence-corrected chi connectivity index (χ0v) is 15.4. The Morgan fingerprint density at radius 2 is 1.52 bits per heavy atom. The molecule has 3 nitrogen and oxygen atoms in total. The maximum absolute atomic E-state index is 14.1. The van der Waals surface area contributed by atoms with Gasteiger partial charge < -0.3 is 9.30 Å². The molecule has 2 aromatic carbocycles. The summed E-state index contributed by atoms with van der Waals surface area (Å²) in [5.74, 6) is -0.415. The van der Waals surface area contributed by atoms with Crippen molar-refractivity contribution in [3.8, 4) is 0 Å². The Morgan fingerprint density at radius 3 is 2.19 bits per heavy atom. The third-order valence-corrected chi connectivity index (χ3v) is 4.57. The average molecular weight is 370 g/mol. The van der Waals surface area contributed by atoms with Gasteiger partial charge in [0.25, 0.3) is 0 Å². The molecule has 5 heteroatoms. The van der Waals surface area contributed by atoms with Gasteiger partial charge in [-0.15, -0.1) is 0 Å². The first-order valence-electron chi connectivity index (χ1n) is 8.99. The average Bonchev–Trinajstić information content (AvgIpc) is 3.10. The van der Waals surface area contributed by atoms with Crippen LogP contribution in [0.1, 0.15) is 16.8 Å². The van der Waals surface area contributed by atoms with Crippen LogP contribution < -0.4 is 0 Å². The summed E-state index contributed by atoms with van der Waals surface area (Å²) in [6, 6.07) is 17.6. The van der Waals surface area contributed by atoms with Crippen molar-refractivity contribution >= 4 is 0 Å². The highest BCUT2D eigenvalue weighted by atomic mass is 19.1. The second-order valence-electron chi connectivity index (χ2n) is 6.51. The van der Waals surface area contributed by atoms with Gasteiger partial charge in [-0.1, -0.05) is 36.4 Å². The highest BCUT2D eigenvalue weighted by molar-refractivity contribution is 5.20. The van der Waals surface area contributed by atoms with Gasteiger partial charge in [0.2, 0.25) is 0 Å². The molecule has 3 aromatic rings. The van der Waals surface area contributed by atoms with E-state index in [-0.39, 0.29) is 11.6 Å². The number of rotatable bonds is 9. The maximum Gasteiger partial charge on any atom is 0.128 e. The molecule has 0 amide bonds. The Labute approximate surface area is 158 Å². The van der Waals surface area contributed by atoms with Crippen molar-refractivity contribution in [2.24, 2.45) is 0 Å². The Kier molecular flexibility index (Phi) is 6.74. The molecule has 1 aromatic heterocycles. The first-order chi connectivity index (χ1) is 13.2. The van der Waals surface area contributed by atoms with E-state index in [0.717, 1.165) is 5.69 Å². The summed E-state index contributed by atoms with van der Waals surface area (Å²) in [7, 11) is 1.65. The monoisotopic (exact) mass is 370 g/mol. The normalized spacial score (nSPS) is 11.3. The van der Waals surface area contributed by atoms with E-state index in [9.17, 15) is 8.78 Å². The van der Waals surface area contributed by atoms with Gasteiger partial charge in [-0.3, -0.25) is 4.90 Å². The third-order valence-electron chi connectivity index (χ3n) is 4.57. The van der Waals surface area contributed by atoms with Crippen LogP contribution in [-0.2, 0) is 24.4 Å². The van der Waals surface area contributed by atoms with Crippen molar-refractivity contribution in [2.75, 3.05) is 20.3 Å². The third kappa shape index (κ3) is 5.25. The summed E-state index contributed by atoms with van der Waals surface area (Å²) in [6.07, 6.45) is 1.94. The number of hydrogen-bond donors (Lipinski definition) is 0. The molecular formula is C22H24F2N2O. The van der Waals surface area contributed by atoms with Crippen LogP contribution in [0.5, 0.6) is 0 Å². The van der Waals surface area contributed by atoms with E-state index in [1.165, 1.54) is 12.1 Å². The summed E-state index contributed by atoms with van der Waals surface area (Å²) in [6.45, 7) is 2.81. The number of nitrogens with zero attached hydrogens (tertiary/aromatic N) is 2. The number of halogens is 2. The predicted octanol–water partition coefficient (Wildman–Crippen LogP) is 4.46. The molecule has 0 unspecified atom stereocenters. The molecule has 142 valence electrons. The van der Waals surface area contributed by atoms with Crippen molar-refractivity contribution in [3.63, 3.8) is 0 Å². The van der Waals surface area contributed by atoms with E-state index >= 15 is 0 Å². The predicted molar refractivity (Wildman–Crippen MR) is 102 cm³/mol. The first kappa shape index (κ1) is 19.3. The van der Waals surface area contributed by atoms with Crippen molar-refractivity contribution < 1.29 is 13.5 Å². The number of ether oxygens (including phenoxy) is 1. The summed E-state index contributed by atoms with van der Waals surface area (Å²) in [5.41, 5.74) is 2.35. The highest BCUT2D eigenvalue weighted by Crippen LogP contribution is 2.16. The van der Waals surface area contributed by atoms with E-state index in [1.807, 2.05) is 35.0 Å². The quantitative estimate of drug-likeness (QED) is 0.553. The lowest BCUT2D eigenvalue weighted by Gasteiger charge is -2.23. The lowest BCUT2D eigenvalue weighted by molar-refractivity contribution is 0.137. The molecule has 0 spiro atoms. The molecular weight excluding hydrogens is 346 g/mol. The Balaban J connectivity index is 1.75. The number of benzene rings is 2. The standard InChI is InChI=1S/C22H24F2N2O/c1-27-14-13-25(15-18-7-2-4-10-21(18)23)17-20-9-6-12-26(20)16-19-8-3-5-11-22(19)24/h2-12H,13-17H2,1H3.